The molecule has 4 heteroatoms. The smallest absolute Gasteiger partial charge is 0.222 e. The summed E-state index contributed by atoms with van der Waals surface area (Å²) < 4.78 is 0. The van der Waals surface area contributed by atoms with Crippen LogP contribution in [0.3, 0.4) is 0 Å². The molecule has 0 fully saturated rings. The Balaban J connectivity index is 3.75. The molecule has 0 saturated carbocycles. The number of hydrogen-bond acceptors (Lipinski definition) is 3. The molecule has 0 atom stereocenters. The van der Waals surface area contributed by atoms with E-state index in [1.807, 2.05) is 0 Å². The predicted molar refractivity (Wildman–Crippen MR) is 61.7 cm³/mol. The molecule has 0 rings (SSSR count). The summed E-state index contributed by atoms with van der Waals surface area (Å²) in [5.74, 6) is 0.169. The van der Waals surface area contributed by atoms with E-state index in [1.165, 1.54) is 0 Å². The molecule has 0 aromatic heterocycles. The van der Waals surface area contributed by atoms with Crippen LogP contribution in [0, 0.1) is 0 Å². The van der Waals surface area contributed by atoms with Gasteiger partial charge in [-0.1, -0.05) is 0 Å². The first-order valence-corrected chi connectivity index (χ1v) is 5.54. The molecule has 0 heterocycles. The normalized spacial score (nSPS) is 11.1. The first-order valence-electron chi connectivity index (χ1n) is 5.54. The number of amides is 1. The molecule has 0 unspecified atom stereocenters. The molecular formula is C11H24N2O2. The largest absolute Gasteiger partial charge is 0.395 e. The van der Waals surface area contributed by atoms with Crippen molar-refractivity contribution < 1.29 is 9.90 Å². The SMILES string of the molecule is CC(C)N(CCO)CCCC(=O)N(C)C. The maximum Gasteiger partial charge on any atom is 0.222 e. The van der Waals surface area contributed by atoms with Gasteiger partial charge in [-0.25, -0.2) is 0 Å². The van der Waals surface area contributed by atoms with E-state index in [-0.39, 0.29) is 12.5 Å². The molecule has 0 radical (unpaired) electrons. The zero-order chi connectivity index (χ0) is 11.8. The summed E-state index contributed by atoms with van der Waals surface area (Å²) in [5, 5.41) is 8.87. The molecule has 0 aliphatic carbocycles. The van der Waals surface area contributed by atoms with E-state index < -0.39 is 0 Å². The van der Waals surface area contributed by atoms with Crippen molar-refractivity contribution >= 4 is 5.91 Å². The highest BCUT2D eigenvalue weighted by Gasteiger charge is 2.10. The molecule has 1 amide bonds. The average molecular weight is 216 g/mol. The van der Waals surface area contributed by atoms with E-state index in [9.17, 15) is 4.79 Å². The fraction of sp³-hybridized carbons (Fsp3) is 0.909. The monoisotopic (exact) mass is 216 g/mol. The third-order valence-electron chi connectivity index (χ3n) is 2.45. The minimum Gasteiger partial charge on any atom is -0.395 e. The molecule has 90 valence electrons. The molecule has 0 spiro atoms. The van der Waals surface area contributed by atoms with Crippen molar-refractivity contribution in [1.82, 2.24) is 9.80 Å². The third-order valence-corrected chi connectivity index (χ3v) is 2.45. The van der Waals surface area contributed by atoms with E-state index in [4.69, 9.17) is 5.11 Å². The first-order chi connectivity index (χ1) is 6.99. The van der Waals surface area contributed by atoms with Gasteiger partial charge < -0.3 is 10.0 Å². The maximum atomic E-state index is 11.3. The Morgan fingerprint density at radius 1 is 1.27 bits per heavy atom. The van der Waals surface area contributed by atoms with Crippen molar-refractivity contribution in [2.24, 2.45) is 0 Å². The Labute approximate surface area is 92.9 Å². The molecule has 0 aromatic carbocycles. The second-order valence-electron chi connectivity index (χ2n) is 4.25. The van der Waals surface area contributed by atoms with Crippen LogP contribution in [0.1, 0.15) is 26.7 Å². The van der Waals surface area contributed by atoms with Crippen molar-refractivity contribution in [3.63, 3.8) is 0 Å². The van der Waals surface area contributed by atoms with Crippen LogP contribution in [0.5, 0.6) is 0 Å². The van der Waals surface area contributed by atoms with Gasteiger partial charge in [0.05, 0.1) is 6.61 Å². The van der Waals surface area contributed by atoms with E-state index in [1.54, 1.807) is 19.0 Å². The lowest BCUT2D eigenvalue weighted by Crippen LogP contribution is -2.35. The molecular weight excluding hydrogens is 192 g/mol. The van der Waals surface area contributed by atoms with Crippen LogP contribution < -0.4 is 0 Å². The van der Waals surface area contributed by atoms with Crippen molar-refractivity contribution in [2.45, 2.75) is 32.7 Å². The average Bonchev–Trinajstić information content (AvgIpc) is 2.15. The zero-order valence-corrected chi connectivity index (χ0v) is 10.4. The quantitative estimate of drug-likeness (QED) is 0.676. The lowest BCUT2D eigenvalue weighted by atomic mass is 10.2. The Hall–Kier alpha value is -0.610. The summed E-state index contributed by atoms with van der Waals surface area (Å²) in [7, 11) is 3.55. The van der Waals surface area contributed by atoms with Gasteiger partial charge in [0.15, 0.2) is 0 Å². The van der Waals surface area contributed by atoms with Crippen LogP contribution in [0.2, 0.25) is 0 Å². The molecule has 1 N–H and O–H groups in total. The van der Waals surface area contributed by atoms with Gasteiger partial charge in [-0.3, -0.25) is 9.69 Å². The summed E-state index contributed by atoms with van der Waals surface area (Å²) in [6, 6.07) is 0.423. The van der Waals surface area contributed by atoms with Gasteiger partial charge in [-0.05, 0) is 26.8 Å². The number of carbonyl (C=O) groups excluding carboxylic acids is 1. The van der Waals surface area contributed by atoms with Crippen LogP contribution in [-0.4, -0.2) is 60.6 Å². The number of nitrogens with zero attached hydrogens (tertiary/aromatic N) is 2. The van der Waals surface area contributed by atoms with Crippen molar-refractivity contribution in [2.75, 3.05) is 33.8 Å². The Bertz CT molecular complexity index is 181. The summed E-state index contributed by atoms with van der Waals surface area (Å²) >= 11 is 0. The summed E-state index contributed by atoms with van der Waals surface area (Å²) in [6.07, 6.45) is 1.44. The van der Waals surface area contributed by atoms with Gasteiger partial charge >= 0.3 is 0 Å². The highest BCUT2D eigenvalue weighted by Crippen LogP contribution is 2.02. The maximum absolute atomic E-state index is 11.3. The second kappa shape index (κ2) is 7.65. The molecule has 0 bridgehead atoms. The predicted octanol–water partition coefficient (Wildman–Crippen LogP) is 0.557. The fourth-order valence-corrected chi connectivity index (χ4v) is 1.41. The summed E-state index contributed by atoms with van der Waals surface area (Å²) in [5.41, 5.74) is 0. The van der Waals surface area contributed by atoms with Crippen LogP contribution in [0.15, 0.2) is 0 Å². The highest BCUT2D eigenvalue weighted by atomic mass is 16.3. The van der Waals surface area contributed by atoms with E-state index in [2.05, 4.69) is 18.7 Å². The van der Waals surface area contributed by atoms with E-state index in [0.717, 1.165) is 13.0 Å². The zero-order valence-electron chi connectivity index (χ0n) is 10.4. The lowest BCUT2D eigenvalue weighted by molar-refractivity contribution is -0.128. The Morgan fingerprint density at radius 3 is 2.27 bits per heavy atom. The topological polar surface area (TPSA) is 43.8 Å². The van der Waals surface area contributed by atoms with Gasteiger partial charge in [0.25, 0.3) is 0 Å². The Morgan fingerprint density at radius 2 is 1.87 bits per heavy atom. The van der Waals surface area contributed by atoms with Gasteiger partial charge in [-0.15, -0.1) is 0 Å². The van der Waals surface area contributed by atoms with Crippen molar-refractivity contribution in [3.8, 4) is 0 Å². The molecule has 0 saturated heterocycles. The number of aliphatic hydroxyl groups is 1. The molecule has 0 aliphatic heterocycles. The molecule has 4 nitrogen and oxygen atoms in total. The van der Waals surface area contributed by atoms with Crippen LogP contribution in [0.4, 0.5) is 0 Å². The van der Waals surface area contributed by atoms with E-state index >= 15 is 0 Å². The molecule has 0 aromatic rings. The minimum atomic E-state index is 0.169. The number of rotatable bonds is 7. The van der Waals surface area contributed by atoms with E-state index in [0.29, 0.717) is 19.0 Å². The number of carbonyl (C=O) groups is 1. The number of aliphatic hydroxyl groups excluding tert-OH is 1. The van der Waals surface area contributed by atoms with Crippen LogP contribution in [-0.2, 0) is 4.79 Å². The van der Waals surface area contributed by atoms with Crippen LogP contribution >= 0.6 is 0 Å². The van der Waals surface area contributed by atoms with Gasteiger partial charge in [-0.2, -0.15) is 0 Å². The fourth-order valence-electron chi connectivity index (χ4n) is 1.41. The first kappa shape index (κ1) is 14.4. The Kier molecular flexibility index (Phi) is 7.34. The van der Waals surface area contributed by atoms with Gasteiger partial charge in [0.2, 0.25) is 5.91 Å². The third kappa shape index (κ3) is 6.47. The summed E-state index contributed by atoms with van der Waals surface area (Å²) in [6.45, 7) is 5.94. The second-order valence-corrected chi connectivity index (χ2v) is 4.25. The summed E-state index contributed by atoms with van der Waals surface area (Å²) in [4.78, 5) is 15.1. The van der Waals surface area contributed by atoms with Gasteiger partial charge in [0.1, 0.15) is 0 Å². The van der Waals surface area contributed by atoms with Gasteiger partial charge in [0, 0.05) is 33.1 Å². The minimum absolute atomic E-state index is 0.169. The lowest BCUT2D eigenvalue weighted by Gasteiger charge is -2.25. The highest BCUT2D eigenvalue weighted by molar-refractivity contribution is 5.75. The number of hydrogen-bond donors (Lipinski definition) is 1. The van der Waals surface area contributed by atoms with Crippen LogP contribution in [0.25, 0.3) is 0 Å². The van der Waals surface area contributed by atoms with Crippen molar-refractivity contribution in [1.29, 1.82) is 0 Å². The standard InChI is InChI=1S/C11H24N2O2/c1-10(2)13(8-9-14)7-5-6-11(15)12(3)4/h10,14H,5-9H2,1-4H3. The molecule has 15 heavy (non-hydrogen) atoms. The molecule has 0 aliphatic rings. The van der Waals surface area contributed by atoms with Crippen molar-refractivity contribution in [3.05, 3.63) is 0 Å².